The Balaban J connectivity index is 2.08. The maximum Gasteiger partial charge on any atom is 0.329 e. The molecule has 0 saturated carbocycles. The lowest BCUT2D eigenvalue weighted by molar-refractivity contribution is -0.384. The molecule has 8 heteroatoms. The molecule has 0 spiro atoms. The summed E-state index contributed by atoms with van der Waals surface area (Å²) in [5, 5.41) is 13.8. The monoisotopic (exact) mass is 252 g/mol. The summed E-state index contributed by atoms with van der Waals surface area (Å²) in [6.45, 7) is 1.67. The first-order valence-electron chi connectivity index (χ1n) is 5.79. The van der Waals surface area contributed by atoms with Crippen LogP contribution in [0.5, 0.6) is 0 Å². The van der Waals surface area contributed by atoms with Crippen molar-refractivity contribution >= 4 is 17.5 Å². The zero-order chi connectivity index (χ0) is 13.1. The average Bonchev–Trinajstić information content (AvgIpc) is 2.72. The van der Waals surface area contributed by atoms with Crippen LogP contribution < -0.4 is 11.1 Å². The van der Waals surface area contributed by atoms with Gasteiger partial charge in [0.15, 0.2) is 0 Å². The Morgan fingerprint density at radius 3 is 3.11 bits per heavy atom. The van der Waals surface area contributed by atoms with Crippen LogP contribution in [-0.4, -0.2) is 46.0 Å². The van der Waals surface area contributed by atoms with Crippen LogP contribution >= 0.6 is 0 Å². The van der Waals surface area contributed by atoms with Crippen LogP contribution in [0.3, 0.4) is 0 Å². The van der Waals surface area contributed by atoms with Crippen LogP contribution in [0.2, 0.25) is 0 Å². The van der Waals surface area contributed by atoms with Gasteiger partial charge in [-0.1, -0.05) is 0 Å². The fourth-order valence-electron chi connectivity index (χ4n) is 2.10. The highest BCUT2D eigenvalue weighted by Crippen LogP contribution is 2.22. The van der Waals surface area contributed by atoms with Gasteiger partial charge in [0.1, 0.15) is 6.20 Å². The molecular weight excluding hydrogens is 236 g/mol. The fraction of sp³-hybridized carbons (Fsp3) is 0.600. The van der Waals surface area contributed by atoms with Crippen LogP contribution in [0.15, 0.2) is 6.20 Å². The van der Waals surface area contributed by atoms with E-state index in [9.17, 15) is 10.1 Å². The predicted molar refractivity (Wildman–Crippen MR) is 67.2 cm³/mol. The third kappa shape index (κ3) is 2.65. The molecule has 2 heterocycles. The number of nitrogens with zero attached hydrogens (tertiary/aromatic N) is 4. The van der Waals surface area contributed by atoms with Crippen molar-refractivity contribution in [2.75, 3.05) is 31.2 Å². The highest BCUT2D eigenvalue weighted by molar-refractivity contribution is 5.56. The lowest BCUT2D eigenvalue weighted by atomic mass is 10.2. The summed E-state index contributed by atoms with van der Waals surface area (Å²) in [5.41, 5.74) is 5.30. The van der Waals surface area contributed by atoms with E-state index in [4.69, 9.17) is 5.73 Å². The predicted octanol–water partition coefficient (Wildman–Crippen LogP) is 0.473. The maximum absolute atomic E-state index is 10.8. The second kappa shape index (κ2) is 5.13. The molecule has 98 valence electrons. The zero-order valence-electron chi connectivity index (χ0n) is 10.2. The number of hydrogen-bond donors (Lipinski definition) is 2. The number of likely N-dealkylation sites (tertiary alicyclic amines) is 1. The molecule has 1 aromatic heterocycles. The Kier molecular flexibility index (Phi) is 3.56. The molecule has 1 aromatic rings. The molecule has 2 rings (SSSR count). The van der Waals surface area contributed by atoms with Gasteiger partial charge in [-0.3, -0.25) is 10.1 Å². The van der Waals surface area contributed by atoms with Crippen molar-refractivity contribution in [1.29, 1.82) is 0 Å². The van der Waals surface area contributed by atoms with Gasteiger partial charge < -0.3 is 16.0 Å². The van der Waals surface area contributed by atoms with Crippen LogP contribution in [0.25, 0.3) is 0 Å². The third-order valence-electron chi connectivity index (χ3n) is 3.16. The van der Waals surface area contributed by atoms with Crippen molar-refractivity contribution in [1.82, 2.24) is 14.9 Å². The van der Waals surface area contributed by atoms with E-state index >= 15 is 0 Å². The molecule has 1 unspecified atom stereocenters. The molecule has 1 aliphatic heterocycles. The van der Waals surface area contributed by atoms with Crippen LogP contribution in [-0.2, 0) is 0 Å². The molecule has 8 nitrogen and oxygen atoms in total. The molecule has 1 atom stereocenters. The quantitative estimate of drug-likeness (QED) is 0.592. The fourth-order valence-corrected chi connectivity index (χ4v) is 2.10. The van der Waals surface area contributed by atoms with E-state index in [1.54, 1.807) is 0 Å². The lowest BCUT2D eigenvalue weighted by Crippen LogP contribution is -2.31. The largest absolute Gasteiger partial charge is 0.368 e. The van der Waals surface area contributed by atoms with Gasteiger partial charge in [-0.15, -0.1) is 0 Å². The van der Waals surface area contributed by atoms with Gasteiger partial charge in [-0.25, -0.2) is 4.98 Å². The number of nitrogen functional groups attached to an aromatic ring is 1. The Hall–Kier alpha value is -1.96. The van der Waals surface area contributed by atoms with Crippen molar-refractivity contribution in [2.45, 2.75) is 18.9 Å². The average molecular weight is 252 g/mol. The summed E-state index contributed by atoms with van der Waals surface area (Å²) >= 11 is 0. The summed E-state index contributed by atoms with van der Waals surface area (Å²) in [4.78, 5) is 20.0. The smallest absolute Gasteiger partial charge is 0.329 e. The highest BCUT2D eigenvalue weighted by Gasteiger charge is 2.22. The van der Waals surface area contributed by atoms with Crippen molar-refractivity contribution in [2.24, 2.45) is 0 Å². The van der Waals surface area contributed by atoms with Crippen molar-refractivity contribution < 1.29 is 4.92 Å². The molecule has 18 heavy (non-hydrogen) atoms. The maximum atomic E-state index is 10.8. The Morgan fingerprint density at radius 2 is 2.50 bits per heavy atom. The van der Waals surface area contributed by atoms with E-state index < -0.39 is 4.92 Å². The first kappa shape index (κ1) is 12.5. The molecule has 0 bridgehead atoms. The number of likely N-dealkylation sites (N-methyl/N-ethyl adjacent to an activating group) is 1. The summed E-state index contributed by atoms with van der Waals surface area (Å²) in [5.74, 6) is 0.218. The topological polar surface area (TPSA) is 110 Å². The van der Waals surface area contributed by atoms with E-state index in [1.165, 1.54) is 0 Å². The molecule has 1 fully saturated rings. The number of nitrogens with two attached hydrogens (primary N) is 1. The first-order valence-corrected chi connectivity index (χ1v) is 5.79. The van der Waals surface area contributed by atoms with Gasteiger partial charge in [0.2, 0.25) is 11.8 Å². The van der Waals surface area contributed by atoms with E-state index in [1.807, 2.05) is 7.05 Å². The molecule has 0 aliphatic carbocycles. The normalized spacial score (nSPS) is 19.9. The Labute approximate surface area is 104 Å². The number of nitrogens with one attached hydrogen (secondary N) is 1. The second-order valence-corrected chi connectivity index (χ2v) is 4.38. The summed E-state index contributed by atoms with van der Waals surface area (Å²) < 4.78 is 0. The second-order valence-electron chi connectivity index (χ2n) is 4.38. The Morgan fingerprint density at radius 1 is 1.72 bits per heavy atom. The van der Waals surface area contributed by atoms with Crippen LogP contribution in [0.4, 0.5) is 17.5 Å². The SMILES string of the molecule is CN1CCCC1CNc1nc(N)ncc1[N+](=O)[O-]. The molecular formula is C10H16N6O2. The van der Waals surface area contributed by atoms with Gasteiger partial charge in [-0.05, 0) is 26.4 Å². The molecule has 0 radical (unpaired) electrons. The van der Waals surface area contributed by atoms with Crippen molar-refractivity contribution in [3.8, 4) is 0 Å². The first-order chi connectivity index (χ1) is 8.58. The summed E-state index contributed by atoms with van der Waals surface area (Å²) in [6, 6.07) is 0.376. The number of nitro groups is 1. The molecule has 1 saturated heterocycles. The number of aromatic nitrogens is 2. The van der Waals surface area contributed by atoms with Crippen LogP contribution in [0, 0.1) is 10.1 Å². The standard InChI is InChI=1S/C10H16N6O2/c1-15-4-2-3-7(15)5-12-9-8(16(17)18)6-13-10(11)14-9/h6-7H,2-5H2,1H3,(H3,11,12,13,14). The zero-order valence-corrected chi connectivity index (χ0v) is 10.2. The van der Waals surface area contributed by atoms with E-state index in [0.29, 0.717) is 12.6 Å². The third-order valence-corrected chi connectivity index (χ3v) is 3.16. The van der Waals surface area contributed by atoms with Crippen molar-refractivity contribution in [3.63, 3.8) is 0 Å². The Bertz CT molecular complexity index is 452. The van der Waals surface area contributed by atoms with E-state index in [0.717, 1.165) is 25.6 Å². The van der Waals surface area contributed by atoms with E-state index in [2.05, 4.69) is 20.2 Å². The number of rotatable bonds is 4. The number of anilines is 2. The summed E-state index contributed by atoms with van der Waals surface area (Å²) in [6.07, 6.45) is 3.36. The van der Waals surface area contributed by atoms with Gasteiger partial charge in [-0.2, -0.15) is 4.98 Å². The molecule has 3 N–H and O–H groups in total. The van der Waals surface area contributed by atoms with Crippen molar-refractivity contribution in [3.05, 3.63) is 16.3 Å². The van der Waals surface area contributed by atoms with Gasteiger partial charge in [0.05, 0.1) is 4.92 Å². The van der Waals surface area contributed by atoms with Crippen LogP contribution in [0.1, 0.15) is 12.8 Å². The molecule has 1 aliphatic rings. The minimum atomic E-state index is -0.514. The highest BCUT2D eigenvalue weighted by atomic mass is 16.6. The van der Waals surface area contributed by atoms with Gasteiger partial charge in [0, 0.05) is 12.6 Å². The molecule has 0 amide bonds. The van der Waals surface area contributed by atoms with Gasteiger partial charge in [0.25, 0.3) is 0 Å². The minimum Gasteiger partial charge on any atom is -0.368 e. The summed E-state index contributed by atoms with van der Waals surface area (Å²) in [7, 11) is 2.04. The lowest BCUT2D eigenvalue weighted by Gasteiger charge is -2.19. The van der Waals surface area contributed by atoms with Gasteiger partial charge >= 0.3 is 5.69 Å². The molecule has 0 aromatic carbocycles. The van der Waals surface area contributed by atoms with E-state index in [-0.39, 0.29) is 17.5 Å². The number of hydrogen-bond acceptors (Lipinski definition) is 7. The minimum absolute atomic E-state index is 0.0304.